The topological polar surface area (TPSA) is 48.9 Å². The molecule has 2 rings (SSSR count). The lowest BCUT2D eigenvalue weighted by molar-refractivity contribution is -0.143. The number of guanidine groups is 1. The molecule has 1 aliphatic carbocycles. The second-order valence-electron chi connectivity index (χ2n) is 7.67. The summed E-state index contributed by atoms with van der Waals surface area (Å²) < 4.78 is 43.3. The lowest BCUT2D eigenvalue weighted by Crippen LogP contribution is -2.45. The summed E-state index contributed by atoms with van der Waals surface area (Å²) in [5.74, 6) is 0.673. The highest BCUT2D eigenvalue weighted by Gasteiger charge is 2.34. The van der Waals surface area contributed by atoms with Gasteiger partial charge in [0.05, 0.1) is 12.6 Å². The van der Waals surface area contributed by atoms with Crippen molar-refractivity contribution in [1.29, 1.82) is 0 Å². The van der Waals surface area contributed by atoms with Crippen LogP contribution in [0.3, 0.4) is 0 Å². The van der Waals surface area contributed by atoms with Crippen LogP contribution in [0.25, 0.3) is 0 Å². The molecule has 0 spiro atoms. The molecule has 0 aromatic heterocycles. The first-order valence-electron chi connectivity index (χ1n) is 10.3. The quantitative estimate of drug-likeness (QED) is 0.210. The largest absolute Gasteiger partial charge is 0.401 e. The van der Waals surface area contributed by atoms with E-state index >= 15 is 0 Å². The molecule has 9 heteroatoms. The first-order chi connectivity index (χ1) is 13.0. The summed E-state index contributed by atoms with van der Waals surface area (Å²) in [6, 6.07) is 0.0162. The molecule has 0 bridgehead atoms. The highest BCUT2D eigenvalue weighted by molar-refractivity contribution is 14.0. The molecule has 0 radical (unpaired) electrons. The highest BCUT2D eigenvalue weighted by Crippen LogP contribution is 2.21. The van der Waals surface area contributed by atoms with E-state index in [0.29, 0.717) is 31.6 Å². The van der Waals surface area contributed by atoms with E-state index in [4.69, 9.17) is 4.74 Å². The maximum atomic E-state index is 12.5. The van der Waals surface area contributed by atoms with Crippen LogP contribution in [0.4, 0.5) is 13.2 Å². The van der Waals surface area contributed by atoms with E-state index in [9.17, 15) is 13.2 Å². The predicted octanol–water partition coefficient (Wildman–Crippen LogP) is 3.93. The number of hydrogen-bond donors (Lipinski definition) is 2. The Hall–Kier alpha value is -0.290. The normalized spacial score (nSPS) is 22.1. The van der Waals surface area contributed by atoms with Gasteiger partial charge >= 0.3 is 6.18 Å². The minimum absolute atomic E-state index is 0. The second-order valence-corrected chi connectivity index (χ2v) is 7.67. The number of nitrogens with zero attached hydrogens (tertiary/aromatic N) is 2. The second kappa shape index (κ2) is 13.8. The van der Waals surface area contributed by atoms with Gasteiger partial charge in [0.1, 0.15) is 0 Å². The number of aliphatic imine (C=N–C) groups is 1. The van der Waals surface area contributed by atoms with Crippen molar-refractivity contribution in [1.82, 2.24) is 15.5 Å². The maximum absolute atomic E-state index is 12.5. The van der Waals surface area contributed by atoms with Crippen molar-refractivity contribution in [3.05, 3.63) is 0 Å². The molecule has 1 saturated heterocycles. The Morgan fingerprint density at radius 3 is 2.54 bits per heavy atom. The molecule has 1 saturated carbocycles. The van der Waals surface area contributed by atoms with Gasteiger partial charge in [0, 0.05) is 39.3 Å². The van der Waals surface area contributed by atoms with Crippen LogP contribution >= 0.6 is 24.0 Å². The molecule has 28 heavy (non-hydrogen) atoms. The van der Waals surface area contributed by atoms with Gasteiger partial charge in [-0.05, 0) is 38.5 Å². The van der Waals surface area contributed by atoms with Crippen molar-refractivity contribution in [3.63, 3.8) is 0 Å². The SMILES string of the molecule is CN=C(NCCCCCOC1CCCCC1)NC1CCN(CC(F)(F)F)C1.I. The van der Waals surface area contributed by atoms with Gasteiger partial charge in [-0.15, -0.1) is 24.0 Å². The molecule has 0 aromatic rings. The number of likely N-dealkylation sites (tertiary alicyclic amines) is 1. The minimum Gasteiger partial charge on any atom is -0.378 e. The third-order valence-electron chi connectivity index (χ3n) is 5.26. The van der Waals surface area contributed by atoms with Crippen LogP contribution in [0, 0.1) is 0 Å². The summed E-state index contributed by atoms with van der Waals surface area (Å²) in [7, 11) is 1.69. The molecule has 5 nitrogen and oxygen atoms in total. The van der Waals surface area contributed by atoms with Crippen molar-refractivity contribution >= 4 is 29.9 Å². The molecule has 2 aliphatic rings. The zero-order valence-electron chi connectivity index (χ0n) is 16.9. The van der Waals surface area contributed by atoms with Gasteiger partial charge in [0.2, 0.25) is 0 Å². The van der Waals surface area contributed by atoms with Crippen molar-refractivity contribution in [2.24, 2.45) is 4.99 Å². The Labute approximate surface area is 184 Å². The van der Waals surface area contributed by atoms with Crippen LogP contribution in [0.1, 0.15) is 57.8 Å². The number of unbranched alkanes of at least 4 members (excludes halogenated alkanes) is 2. The van der Waals surface area contributed by atoms with E-state index in [-0.39, 0.29) is 30.0 Å². The van der Waals surface area contributed by atoms with Gasteiger partial charge < -0.3 is 15.4 Å². The van der Waals surface area contributed by atoms with E-state index in [1.165, 1.54) is 37.0 Å². The highest BCUT2D eigenvalue weighted by atomic mass is 127. The number of ether oxygens (including phenoxy) is 1. The van der Waals surface area contributed by atoms with Crippen LogP contribution in [0.15, 0.2) is 4.99 Å². The van der Waals surface area contributed by atoms with Crippen LogP contribution in [-0.4, -0.2) is 69.0 Å². The van der Waals surface area contributed by atoms with Gasteiger partial charge in [-0.2, -0.15) is 13.2 Å². The molecular weight excluding hydrogens is 484 g/mol. The molecule has 0 aromatic carbocycles. The van der Waals surface area contributed by atoms with Crippen LogP contribution in [-0.2, 0) is 4.74 Å². The molecule has 1 heterocycles. The van der Waals surface area contributed by atoms with Gasteiger partial charge in [-0.25, -0.2) is 0 Å². The van der Waals surface area contributed by atoms with E-state index in [1.54, 1.807) is 7.05 Å². The minimum atomic E-state index is -4.13. The molecule has 1 aliphatic heterocycles. The molecule has 2 fully saturated rings. The van der Waals surface area contributed by atoms with Crippen LogP contribution < -0.4 is 10.6 Å². The summed E-state index contributed by atoms with van der Waals surface area (Å²) in [6.45, 7) is 1.69. The van der Waals surface area contributed by atoms with Crippen molar-refractivity contribution < 1.29 is 17.9 Å². The van der Waals surface area contributed by atoms with Gasteiger partial charge in [0.15, 0.2) is 5.96 Å². The van der Waals surface area contributed by atoms with E-state index in [2.05, 4.69) is 15.6 Å². The zero-order chi connectivity index (χ0) is 19.5. The Bertz CT molecular complexity index is 445. The maximum Gasteiger partial charge on any atom is 0.401 e. The van der Waals surface area contributed by atoms with E-state index in [1.807, 2.05) is 0 Å². The van der Waals surface area contributed by atoms with Crippen molar-refractivity contribution in [3.8, 4) is 0 Å². The fraction of sp³-hybridized carbons (Fsp3) is 0.947. The number of nitrogens with one attached hydrogen (secondary N) is 2. The molecule has 1 atom stereocenters. The number of alkyl halides is 3. The van der Waals surface area contributed by atoms with Crippen molar-refractivity contribution in [2.45, 2.75) is 76.1 Å². The summed E-state index contributed by atoms with van der Waals surface area (Å²) >= 11 is 0. The van der Waals surface area contributed by atoms with E-state index in [0.717, 1.165) is 32.4 Å². The summed E-state index contributed by atoms with van der Waals surface area (Å²) in [5, 5.41) is 6.49. The average Bonchev–Trinajstić information content (AvgIpc) is 3.05. The third kappa shape index (κ3) is 11.0. The average molecular weight is 520 g/mol. The number of rotatable bonds is 9. The summed E-state index contributed by atoms with van der Waals surface area (Å²) in [5.41, 5.74) is 0. The zero-order valence-corrected chi connectivity index (χ0v) is 19.2. The number of hydrogen-bond acceptors (Lipinski definition) is 3. The lowest BCUT2D eigenvalue weighted by Gasteiger charge is -2.22. The smallest absolute Gasteiger partial charge is 0.378 e. The summed E-state index contributed by atoms with van der Waals surface area (Å²) in [6.07, 6.45) is 6.62. The van der Waals surface area contributed by atoms with Crippen LogP contribution in [0.5, 0.6) is 0 Å². The van der Waals surface area contributed by atoms with Crippen molar-refractivity contribution in [2.75, 3.05) is 39.8 Å². The van der Waals surface area contributed by atoms with Gasteiger partial charge in [-0.3, -0.25) is 9.89 Å². The predicted molar refractivity (Wildman–Crippen MR) is 117 cm³/mol. The van der Waals surface area contributed by atoms with E-state index < -0.39 is 12.7 Å². The van der Waals surface area contributed by atoms with Crippen LogP contribution in [0.2, 0.25) is 0 Å². The Kier molecular flexibility index (Phi) is 12.7. The Morgan fingerprint density at radius 2 is 1.86 bits per heavy atom. The number of halogens is 4. The fourth-order valence-corrected chi connectivity index (χ4v) is 3.83. The molecular formula is C19H36F3IN4O. The Balaban J connectivity index is 0.00000392. The lowest BCUT2D eigenvalue weighted by atomic mass is 9.98. The standard InChI is InChI=1S/C19H35F3N4O.HI/c1-23-18(25-16-10-12-26(14-16)15-19(20,21)22)24-11-6-3-7-13-27-17-8-4-2-5-9-17;/h16-17H,2-15H2,1H3,(H2,23,24,25);1H. The molecule has 166 valence electrons. The van der Waals surface area contributed by atoms with Gasteiger partial charge in [0.25, 0.3) is 0 Å². The monoisotopic (exact) mass is 520 g/mol. The Morgan fingerprint density at radius 1 is 1.11 bits per heavy atom. The van der Waals surface area contributed by atoms with Gasteiger partial charge in [-0.1, -0.05) is 19.3 Å². The third-order valence-corrected chi connectivity index (χ3v) is 5.26. The summed E-state index contributed by atoms with van der Waals surface area (Å²) in [4.78, 5) is 5.62. The molecule has 1 unspecified atom stereocenters. The first-order valence-corrected chi connectivity index (χ1v) is 10.3. The fourth-order valence-electron chi connectivity index (χ4n) is 3.83. The molecule has 2 N–H and O–H groups in total. The molecule has 0 amide bonds. The first kappa shape index (κ1) is 25.7.